The Morgan fingerprint density at radius 3 is 2.73 bits per heavy atom. The molecule has 1 N–H and O–H groups in total. The number of aliphatic hydroxyl groups is 1. The maximum absolute atomic E-state index is 10.4. The van der Waals surface area contributed by atoms with E-state index in [1.807, 2.05) is 36.4 Å². The summed E-state index contributed by atoms with van der Waals surface area (Å²) in [6, 6.07) is 11.6. The fraction of sp³-hybridized carbons (Fsp3) is 0.391. The van der Waals surface area contributed by atoms with Gasteiger partial charge in [0.15, 0.2) is 23.0 Å². The van der Waals surface area contributed by atoms with Crippen LogP contribution in [0.2, 0.25) is 0 Å². The minimum atomic E-state index is -0.691. The Hall–Kier alpha value is -2.92. The average molecular weight is 413 g/mol. The molecular weight excluding hydrogens is 386 g/mol. The molecule has 7 nitrogen and oxygen atoms in total. The van der Waals surface area contributed by atoms with Gasteiger partial charge >= 0.3 is 0 Å². The highest BCUT2D eigenvalue weighted by Gasteiger charge is 2.19. The van der Waals surface area contributed by atoms with Crippen LogP contribution in [-0.2, 0) is 17.8 Å². The number of hydrogen-bond acceptors (Lipinski definition) is 7. The maximum Gasteiger partial charge on any atom is 0.231 e. The number of terminal acetylenes is 1. The molecule has 1 heterocycles. The summed E-state index contributed by atoms with van der Waals surface area (Å²) < 4.78 is 27.1. The first-order valence-corrected chi connectivity index (χ1v) is 9.64. The van der Waals surface area contributed by atoms with Crippen molar-refractivity contribution in [3.05, 3.63) is 47.5 Å². The molecule has 3 rings (SSSR count). The maximum atomic E-state index is 10.4. The number of benzene rings is 2. The largest absolute Gasteiger partial charge is 0.493 e. The van der Waals surface area contributed by atoms with Crippen molar-refractivity contribution in [2.24, 2.45) is 0 Å². The zero-order valence-electron chi connectivity index (χ0n) is 17.3. The van der Waals surface area contributed by atoms with Crippen molar-refractivity contribution in [1.82, 2.24) is 4.90 Å². The molecule has 0 saturated carbocycles. The Morgan fingerprint density at radius 2 is 1.97 bits per heavy atom. The van der Waals surface area contributed by atoms with Crippen LogP contribution < -0.4 is 18.9 Å². The molecule has 7 heteroatoms. The third-order valence-electron chi connectivity index (χ3n) is 4.69. The third kappa shape index (κ3) is 5.57. The summed E-state index contributed by atoms with van der Waals surface area (Å²) in [7, 11) is 3.23. The summed E-state index contributed by atoms with van der Waals surface area (Å²) in [4.78, 5) is 2.11. The fourth-order valence-corrected chi connectivity index (χ4v) is 3.41. The van der Waals surface area contributed by atoms with Gasteiger partial charge in [-0.2, -0.15) is 0 Å². The number of fused-ring (bicyclic) bond motifs is 1. The lowest BCUT2D eigenvalue weighted by Gasteiger charge is -2.26. The second kappa shape index (κ2) is 10.7. The van der Waals surface area contributed by atoms with Crippen LogP contribution in [0.25, 0.3) is 0 Å². The fourth-order valence-electron chi connectivity index (χ4n) is 3.41. The van der Waals surface area contributed by atoms with Gasteiger partial charge < -0.3 is 28.8 Å². The Labute approximate surface area is 177 Å². The summed E-state index contributed by atoms with van der Waals surface area (Å²) >= 11 is 0. The molecule has 1 aliphatic heterocycles. The van der Waals surface area contributed by atoms with Crippen molar-refractivity contribution in [3.8, 4) is 35.3 Å². The number of aliphatic hydroxyl groups excluding tert-OH is 1. The zero-order chi connectivity index (χ0) is 21.3. The second-order valence-electron chi connectivity index (χ2n) is 6.88. The predicted octanol–water partition coefficient (Wildman–Crippen LogP) is 2.45. The van der Waals surface area contributed by atoms with E-state index in [0.717, 1.165) is 22.6 Å². The van der Waals surface area contributed by atoms with E-state index in [9.17, 15) is 5.11 Å². The summed E-state index contributed by atoms with van der Waals surface area (Å²) in [5, 5.41) is 10.4. The Bertz CT molecular complexity index is 878. The summed E-state index contributed by atoms with van der Waals surface area (Å²) in [5.74, 6) is 5.21. The van der Waals surface area contributed by atoms with Gasteiger partial charge in [-0.25, -0.2) is 0 Å². The van der Waals surface area contributed by atoms with Gasteiger partial charge in [-0.3, -0.25) is 4.90 Å². The van der Waals surface area contributed by atoms with E-state index in [0.29, 0.717) is 31.1 Å². The quantitative estimate of drug-likeness (QED) is 0.448. The molecule has 0 bridgehead atoms. The number of hydrogen-bond donors (Lipinski definition) is 1. The lowest BCUT2D eigenvalue weighted by molar-refractivity contribution is 0.0241. The van der Waals surface area contributed by atoms with Gasteiger partial charge in [-0.15, -0.1) is 6.42 Å². The number of ether oxygens (including phenoxy) is 5. The van der Waals surface area contributed by atoms with Crippen LogP contribution in [0.1, 0.15) is 11.1 Å². The van der Waals surface area contributed by atoms with Crippen LogP contribution in [-0.4, -0.2) is 56.9 Å². The minimum absolute atomic E-state index is 0.164. The van der Waals surface area contributed by atoms with Crippen molar-refractivity contribution in [2.75, 3.05) is 40.8 Å². The smallest absolute Gasteiger partial charge is 0.231 e. The molecule has 160 valence electrons. The van der Waals surface area contributed by atoms with Crippen molar-refractivity contribution in [3.63, 3.8) is 0 Å². The molecule has 0 aliphatic carbocycles. The summed E-state index contributed by atoms with van der Waals surface area (Å²) in [6.45, 7) is 2.08. The first-order chi connectivity index (χ1) is 14.6. The van der Waals surface area contributed by atoms with Crippen molar-refractivity contribution in [2.45, 2.75) is 19.2 Å². The summed E-state index contributed by atoms with van der Waals surface area (Å²) in [6.07, 6.45) is 4.52. The summed E-state index contributed by atoms with van der Waals surface area (Å²) in [5.41, 5.74) is 1.99. The Morgan fingerprint density at radius 1 is 1.13 bits per heavy atom. The molecule has 0 amide bonds. The monoisotopic (exact) mass is 413 g/mol. The number of para-hydroxylation sites is 1. The van der Waals surface area contributed by atoms with E-state index in [2.05, 4.69) is 10.8 Å². The third-order valence-corrected chi connectivity index (χ3v) is 4.69. The van der Waals surface area contributed by atoms with Crippen molar-refractivity contribution >= 4 is 0 Å². The van der Waals surface area contributed by atoms with Crippen LogP contribution >= 0.6 is 0 Å². The van der Waals surface area contributed by atoms with Crippen LogP contribution in [0, 0.1) is 12.3 Å². The van der Waals surface area contributed by atoms with Crippen LogP contribution in [0.4, 0.5) is 0 Å². The van der Waals surface area contributed by atoms with E-state index in [-0.39, 0.29) is 20.0 Å². The minimum Gasteiger partial charge on any atom is -0.493 e. The van der Waals surface area contributed by atoms with Gasteiger partial charge in [0.25, 0.3) is 0 Å². The molecule has 0 radical (unpaired) electrons. The van der Waals surface area contributed by atoms with Gasteiger partial charge in [0.1, 0.15) is 6.61 Å². The average Bonchev–Trinajstić information content (AvgIpc) is 3.21. The van der Waals surface area contributed by atoms with Crippen molar-refractivity contribution < 1.29 is 28.8 Å². The van der Waals surface area contributed by atoms with Gasteiger partial charge in [0.05, 0.1) is 26.9 Å². The van der Waals surface area contributed by atoms with Gasteiger partial charge in [-0.1, -0.05) is 24.1 Å². The SMILES string of the molecule is C#CCOC[C@H](O)CN(Cc1ccc2c(c1)OCO2)Cc1cccc(OC)c1OC. The zero-order valence-corrected chi connectivity index (χ0v) is 17.3. The molecule has 1 aliphatic rings. The van der Waals surface area contributed by atoms with E-state index < -0.39 is 6.10 Å². The molecule has 0 fully saturated rings. The molecule has 0 spiro atoms. The lowest BCUT2D eigenvalue weighted by atomic mass is 10.1. The van der Waals surface area contributed by atoms with Gasteiger partial charge in [0, 0.05) is 25.2 Å². The second-order valence-corrected chi connectivity index (χ2v) is 6.88. The van der Waals surface area contributed by atoms with Crippen LogP contribution in [0.5, 0.6) is 23.0 Å². The highest BCUT2D eigenvalue weighted by Crippen LogP contribution is 2.34. The number of methoxy groups -OCH3 is 2. The van der Waals surface area contributed by atoms with E-state index >= 15 is 0 Å². The molecule has 2 aromatic carbocycles. The predicted molar refractivity (Wildman–Crippen MR) is 112 cm³/mol. The molecule has 30 heavy (non-hydrogen) atoms. The lowest BCUT2D eigenvalue weighted by Crippen LogP contribution is -2.34. The van der Waals surface area contributed by atoms with E-state index in [4.69, 9.17) is 30.1 Å². The standard InChI is InChI=1S/C23H27NO6/c1-4-10-28-15-19(25)14-24(12-17-8-9-20-22(11-17)30-16-29-20)13-18-6-5-7-21(26-2)23(18)27-3/h1,5-9,11,19,25H,10,12-16H2,2-3H3/t19-/m1/s1. The molecule has 0 aromatic heterocycles. The Kier molecular flexibility index (Phi) is 7.80. The molecule has 0 unspecified atom stereocenters. The van der Waals surface area contributed by atoms with Crippen LogP contribution in [0.15, 0.2) is 36.4 Å². The molecular formula is C23H27NO6. The highest BCUT2D eigenvalue weighted by molar-refractivity contribution is 5.47. The van der Waals surface area contributed by atoms with Crippen molar-refractivity contribution in [1.29, 1.82) is 0 Å². The molecule has 2 aromatic rings. The topological polar surface area (TPSA) is 69.6 Å². The first kappa shape index (κ1) is 21.8. The van der Waals surface area contributed by atoms with Gasteiger partial charge in [-0.05, 0) is 23.8 Å². The van der Waals surface area contributed by atoms with Gasteiger partial charge in [0.2, 0.25) is 6.79 Å². The van der Waals surface area contributed by atoms with E-state index in [1.54, 1.807) is 14.2 Å². The van der Waals surface area contributed by atoms with E-state index in [1.165, 1.54) is 0 Å². The Balaban J connectivity index is 1.78. The number of rotatable bonds is 11. The van der Waals surface area contributed by atoms with Crippen LogP contribution in [0.3, 0.4) is 0 Å². The number of nitrogens with zero attached hydrogens (tertiary/aromatic N) is 1. The normalized spacial score (nSPS) is 13.2. The first-order valence-electron chi connectivity index (χ1n) is 9.64. The molecule has 0 saturated heterocycles. The highest BCUT2D eigenvalue weighted by atomic mass is 16.7. The molecule has 1 atom stereocenters.